The summed E-state index contributed by atoms with van der Waals surface area (Å²) in [7, 11) is 0. The maximum absolute atomic E-state index is 12.3. The van der Waals surface area contributed by atoms with Gasteiger partial charge in [-0.05, 0) is 50.1 Å². The standard InChI is InChI=1S/C24H32N4O3/c1-4-31-22-11-6-5-10-21(22)28-14-12-27(13-15-28)17-24(30)25-16-23(29)26-20-9-7-8-18(2)19(20)3/h5-11H,4,12-17H2,1-3H3,(H,25,30)(H,26,29)/p+1. The second kappa shape index (κ2) is 10.8. The van der Waals surface area contributed by atoms with Gasteiger partial charge in [-0.3, -0.25) is 9.59 Å². The van der Waals surface area contributed by atoms with Crippen molar-refractivity contribution in [2.45, 2.75) is 20.8 Å². The van der Waals surface area contributed by atoms with E-state index in [9.17, 15) is 9.59 Å². The molecule has 2 aromatic carbocycles. The molecule has 2 aromatic rings. The summed E-state index contributed by atoms with van der Waals surface area (Å²) in [5.74, 6) is 0.588. The van der Waals surface area contributed by atoms with Crippen LogP contribution in [-0.2, 0) is 9.59 Å². The molecule has 0 saturated carbocycles. The molecule has 0 bridgehead atoms. The van der Waals surface area contributed by atoms with Crippen LogP contribution in [0.3, 0.4) is 0 Å². The number of quaternary nitrogens is 1. The van der Waals surface area contributed by atoms with Crippen molar-refractivity contribution in [3.63, 3.8) is 0 Å². The van der Waals surface area contributed by atoms with Crippen molar-refractivity contribution >= 4 is 23.2 Å². The molecule has 0 unspecified atom stereocenters. The van der Waals surface area contributed by atoms with E-state index < -0.39 is 0 Å². The number of anilines is 2. The Morgan fingerprint density at radius 1 is 1.03 bits per heavy atom. The smallest absolute Gasteiger partial charge is 0.275 e. The zero-order chi connectivity index (χ0) is 22.2. The van der Waals surface area contributed by atoms with E-state index in [-0.39, 0.29) is 18.4 Å². The van der Waals surface area contributed by atoms with E-state index in [0.29, 0.717) is 13.2 Å². The van der Waals surface area contributed by atoms with Crippen molar-refractivity contribution in [3.8, 4) is 5.75 Å². The number of hydrogen-bond donors (Lipinski definition) is 3. The number of hydrogen-bond acceptors (Lipinski definition) is 4. The molecule has 3 N–H and O–H groups in total. The van der Waals surface area contributed by atoms with Gasteiger partial charge in [-0.2, -0.15) is 0 Å². The molecule has 1 aliphatic heterocycles. The second-order valence-electron chi connectivity index (χ2n) is 7.89. The molecule has 0 atom stereocenters. The first-order chi connectivity index (χ1) is 15.0. The summed E-state index contributed by atoms with van der Waals surface area (Å²) >= 11 is 0. The lowest BCUT2D eigenvalue weighted by molar-refractivity contribution is -0.892. The van der Waals surface area contributed by atoms with Crippen LogP contribution in [0.25, 0.3) is 0 Å². The summed E-state index contributed by atoms with van der Waals surface area (Å²) in [6.07, 6.45) is 0. The van der Waals surface area contributed by atoms with Gasteiger partial charge in [0.1, 0.15) is 5.75 Å². The fraction of sp³-hybridized carbons (Fsp3) is 0.417. The molecule has 1 heterocycles. The number of benzene rings is 2. The fourth-order valence-electron chi connectivity index (χ4n) is 3.79. The summed E-state index contributed by atoms with van der Waals surface area (Å²) in [6.45, 7) is 10.4. The lowest BCUT2D eigenvalue weighted by atomic mass is 10.1. The first kappa shape index (κ1) is 22.6. The highest BCUT2D eigenvalue weighted by molar-refractivity contribution is 5.95. The van der Waals surface area contributed by atoms with Crippen LogP contribution in [0.1, 0.15) is 18.1 Å². The summed E-state index contributed by atoms with van der Waals surface area (Å²) < 4.78 is 5.74. The van der Waals surface area contributed by atoms with E-state index >= 15 is 0 Å². The Kier molecular flexibility index (Phi) is 7.89. The number of para-hydroxylation sites is 2. The number of nitrogens with one attached hydrogen (secondary N) is 3. The van der Waals surface area contributed by atoms with Crippen molar-refractivity contribution in [3.05, 3.63) is 53.6 Å². The Morgan fingerprint density at radius 2 is 1.77 bits per heavy atom. The van der Waals surface area contributed by atoms with Gasteiger partial charge in [-0.25, -0.2) is 0 Å². The zero-order valence-electron chi connectivity index (χ0n) is 18.7. The van der Waals surface area contributed by atoms with Crippen LogP contribution in [0.2, 0.25) is 0 Å². The molecule has 1 fully saturated rings. The predicted molar refractivity (Wildman–Crippen MR) is 123 cm³/mol. The third kappa shape index (κ3) is 6.21. The Labute approximate surface area is 184 Å². The van der Waals surface area contributed by atoms with Crippen molar-refractivity contribution in [2.24, 2.45) is 0 Å². The molecule has 1 aliphatic rings. The van der Waals surface area contributed by atoms with E-state index in [4.69, 9.17) is 4.74 Å². The summed E-state index contributed by atoms with van der Waals surface area (Å²) in [4.78, 5) is 28.1. The Hall–Kier alpha value is -3.06. The van der Waals surface area contributed by atoms with Crippen molar-refractivity contribution in [1.82, 2.24) is 5.32 Å². The fourth-order valence-corrected chi connectivity index (χ4v) is 3.79. The van der Waals surface area contributed by atoms with Gasteiger partial charge in [0.25, 0.3) is 5.91 Å². The summed E-state index contributed by atoms with van der Waals surface area (Å²) in [5.41, 5.74) is 4.05. The average Bonchev–Trinajstić information content (AvgIpc) is 2.77. The molecule has 7 heteroatoms. The van der Waals surface area contributed by atoms with Gasteiger partial charge in [-0.1, -0.05) is 24.3 Å². The van der Waals surface area contributed by atoms with Crippen LogP contribution in [0, 0.1) is 13.8 Å². The Bertz CT molecular complexity index is 907. The van der Waals surface area contributed by atoms with Gasteiger partial charge in [0.15, 0.2) is 6.54 Å². The van der Waals surface area contributed by atoms with Crippen LogP contribution in [-0.4, -0.2) is 57.7 Å². The highest BCUT2D eigenvalue weighted by Gasteiger charge is 2.24. The number of piperazine rings is 1. The lowest BCUT2D eigenvalue weighted by Crippen LogP contribution is -3.16. The summed E-state index contributed by atoms with van der Waals surface area (Å²) in [5, 5.41) is 5.62. The molecule has 166 valence electrons. The largest absolute Gasteiger partial charge is 0.492 e. The first-order valence-electron chi connectivity index (χ1n) is 10.9. The monoisotopic (exact) mass is 425 g/mol. The minimum atomic E-state index is -0.214. The second-order valence-corrected chi connectivity index (χ2v) is 7.89. The Balaban J connectivity index is 1.42. The molecular formula is C24H33N4O3+. The molecular weight excluding hydrogens is 392 g/mol. The van der Waals surface area contributed by atoms with Crippen LogP contribution in [0.5, 0.6) is 5.75 Å². The number of nitrogens with zero attached hydrogens (tertiary/aromatic N) is 1. The van der Waals surface area contributed by atoms with Gasteiger partial charge in [-0.15, -0.1) is 0 Å². The zero-order valence-corrected chi connectivity index (χ0v) is 18.7. The van der Waals surface area contributed by atoms with Crippen LogP contribution >= 0.6 is 0 Å². The number of carbonyl (C=O) groups is 2. The maximum atomic E-state index is 12.3. The van der Waals surface area contributed by atoms with E-state index in [2.05, 4.69) is 21.6 Å². The lowest BCUT2D eigenvalue weighted by Gasteiger charge is -2.34. The third-order valence-corrected chi connectivity index (χ3v) is 5.71. The maximum Gasteiger partial charge on any atom is 0.275 e. The van der Waals surface area contributed by atoms with Crippen LogP contribution in [0.4, 0.5) is 11.4 Å². The molecule has 0 aliphatic carbocycles. The van der Waals surface area contributed by atoms with E-state index in [1.807, 2.05) is 57.2 Å². The summed E-state index contributed by atoms with van der Waals surface area (Å²) in [6, 6.07) is 13.9. The molecule has 1 saturated heterocycles. The SMILES string of the molecule is CCOc1ccccc1N1CC[NH+](CC(=O)NCC(=O)Nc2cccc(C)c2C)CC1. The van der Waals surface area contributed by atoms with Crippen LogP contribution < -0.4 is 25.2 Å². The highest BCUT2D eigenvalue weighted by atomic mass is 16.5. The molecule has 0 aromatic heterocycles. The third-order valence-electron chi connectivity index (χ3n) is 5.71. The number of carbonyl (C=O) groups excluding carboxylic acids is 2. The topological polar surface area (TPSA) is 75.1 Å². The van der Waals surface area contributed by atoms with Crippen molar-refractivity contribution in [2.75, 3.05) is 56.1 Å². The van der Waals surface area contributed by atoms with E-state index in [1.54, 1.807) is 0 Å². The van der Waals surface area contributed by atoms with Gasteiger partial charge in [0.05, 0.1) is 45.0 Å². The van der Waals surface area contributed by atoms with Gasteiger partial charge < -0.3 is 25.2 Å². The van der Waals surface area contributed by atoms with Crippen molar-refractivity contribution < 1.29 is 19.2 Å². The molecule has 0 spiro atoms. The highest BCUT2D eigenvalue weighted by Crippen LogP contribution is 2.27. The van der Waals surface area contributed by atoms with Crippen molar-refractivity contribution in [1.29, 1.82) is 0 Å². The molecule has 7 nitrogen and oxygen atoms in total. The van der Waals surface area contributed by atoms with E-state index in [1.165, 1.54) is 4.90 Å². The van der Waals surface area contributed by atoms with Gasteiger partial charge >= 0.3 is 0 Å². The quantitative estimate of drug-likeness (QED) is 0.594. The molecule has 3 rings (SSSR count). The average molecular weight is 426 g/mol. The van der Waals surface area contributed by atoms with Gasteiger partial charge in [0.2, 0.25) is 5.91 Å². The first-order valence-corrected chi connectivity index (χ1v) is 10.9. The number of amides is 2. The molecule has 0 radical (unpaired) electrons. The molecule has 31 heavy (non-hydrogen) atoms. The number of ether oxygens (including phenoxy) is 1. The molecule has 2 amide bonds. The predicted octanol–water partition coefficient (Wildman–Crippen LogP) is 1.16. The number of rotatable bonds is 8. The van der Waals surface area contributed by atoms with Gasteiger partial charge in [0, 0.05) is 5.69 Å². The van der Waals surface area contributed by atoms with E-state index in [0.717, 1.165) is 54.4 Å². The normalized spacial score (nSPS) is 14.2. The minimum absolute atomic E-state index is 0.0205. The van der Waals surface area contributed by atoms with Crippen LogP contribution in [0.15, 0.2) is 42.5 Å². The Morgan fingerprint density at radius 3 is 2.52 bits per heavy atom. The number of aryl methyl sites for hydroxylation is 1. The minimum Gasteiger partial charge on any atom is -0.492 e.